The lowest BCUT2D eigenvalue weighted by Crippen LogP contribution is -2.35. The Hall–Kier alpha value is -1.46. The molecule has 0 radical (unpaired) electrons. The molecule has 4 nitrogen and oxygen atoms in total. The smallest absolute Gasteiger partial charge is 0.274 e. The first-order valence-electron chi connectivity index (χ1n) is 6.66. The van der Waals surface area contributed by atoms with Gasteiger partial charge in [0.15, 0.2) is 0 Å². The molecule has 1 aromatic carbocycles. The summed E-state index contributed by atoms with van der Waals surface area (Å²) in [5.74, 6) is -0.707. The molecule has 1 saturated heterocycles. The number of hydroxylamine groups is 1. The number of rotatable bonds is 5. The quantitative estimate of drug-likeness (QED) is 0.654. The topological polar surface area (TPSA) is 41.6 Å². The summed E-state index contributed by atoms with van der Waals surface area (Å²) >= 11 is 0. The molecule has 0 saturated carbocycles. The van der Waals surface area contributed by atoms with E-state index in [0.29, 0.717) is 12.2 Å². The first-order chi connectivity index (χ1) is 9.25. The minimum absolute atomic E-state index is 0.348. The third kappa shape index (κ3) is 4.61. The molecule has 5 heteroatoms. The summed E-state index contributed by atoms with van der Waals surface area (Å²) in [6, 6.07) is 5.36. The maximum atomic E-state index is 12.7. The van der Waals surface area contributed by atoms with E-state index in [0.717, 1.165) is 19.6 Å². The fourth-order valence-electron chi connectivity index (χ4n) is 2.13. The Morgan fingerprint density at radius 2 is 1.89 bits per heavy atom. The van der Waals surface area contributed by atoms with Crippen LogP contribution < -0.4 is 5.48 Å². The summed E-state index contributed by atoms with van der Waals surface area (Å²) in [6.45, 7) is 3.50. The molecule has 1 aromatic rings. The number of nitrogens with one attached hydrogen (secondary N) is 1. The predicted molar refractivity (Wildman–Crippen MR) is 70.1 cm³/mol. The van der Waals surface area contributed by atoms with Crippen molar-refractivity contribution in [2.24, 2.45) is 0 Å². The van der Waals surface area contributed by atoms with Crippen molar-refractivity contribution < 1.29 is 14.0 Å². The van der Waals surface area contributed by atoms with Gasteiger partial charge in [-0.1, -0.05) is 6.42 Å². The lowest BCUT2D eigenvalue weighted by atomic mass is 10.1. The zero-order valence-corrected chi connectivity index (χ0v) is 10.9. The van der Waals surface area contributed by atoms with Gasteiger partial charge in [0.05, 0.1) is 6.61 Å². The van der Waals surface area contributed by atoms with Crippen molar-refractivity contribution in [3.8, 4) is 0 Å². The lowest BCUT2D eigenvalue weighted by molar-refractivity contribution is 0.0206. The molecule has 1 aliphatic heterocycles. The first-order valence-corrected chi connectivity index (χ1v) is 6.66. The van der Waals surface area contributed by atoms with Gasteiger partial charge in [0, 0.05) is 12.1 Å². The Labute approximate surface area is 112 Å². The molecular formula is C14H19FN2O2. The summed E-state index contributed by atoms with van der Waals surface area (Å²) in [5, 5.41) is 0. The van der Waals surface area contributed by atoms with E-state index in [1.165, 1.54) is 43.5 Å². The van der Waals surface area contributed by atoms with Gasteiger partial charge in [-0.05, 0) is 50.2 Å². The van der Waals surface area contributed by atoms with Crippen LogP contribution in [0.2, 0.25) is 0 Å². The Kier molecular flexibility index (Phi) is 5.30. The van der Waals surface area contributed by atoms with Gasteiger partial charge in [-0.3, -0.25) is 9.63 Å². The molecule has 0 unspecified atom stereocenters. The molecule has 0 aromatic heterocycles. The molecule has 0 atom stereocenters. The third-order valence-electron chi connectivity index (χ3n) is 3.23. The maximum absolute atomic E-state index is 12.7. The summed E-state index contributed by atoms with van der Waals surface area (Å²) in [4.78, 5) is 19.1. The standard InChI is InChI=1S/C14H19FN2O2/c15-13-6-4-12(5-7-13)14(18)16-19-11-10-17-8-2-1-3-9-17/h4-7H,1-3,8-11H2,(H,16,18). The summed E-state index contributed by atoms with van der Waals surface area (Å²) in [6.07, 6.45) is 3.78. The van der Waals surface area contributed by atoms with Gasteiger partial charge >= 0.3 is 0 Å². The molecule has 1 aliphatic rings. The van der Waals surface area contributed by atoms with Crippen molar-refractivity contribution in [3.63, 3.8) is 0 Å². The average molecular weight is 266 g/mol. The summed E-state index contributed by atoms with van der Waals surface area (Å²) < 4.78 is 12.7. The maximum Gasteiger partial charge on any atom is 0.274 e. The fraction of sp³-hybridized carbons (Fsp3) is 0.500. The molecule has 0 spiro atoms. The van der Waals surface area contributed by atoms with Crippen LogP contribution >= 0.6 is 0 Å². The number of nitrogens with zero attached hydrogens (tertiary/aromatic N) is 1. The van der Waals surface area contributed by atoms with Crippen LogP contribution in [-0.2, 0) is 4.84 Å². The van der Waals surface area contributed by atoms with Gasteiger partial charge < -0.3 is 4.90 Å². The van der Waals surface area contributed by atoms with E-state index in [4.69, 9.17) is 4.84 Å². The van der Waals surface area contributed by atoms with E-state index >= 15 is 0 Å². The van der Waals surface area contributed by atoms with Gasteiger partial charge in [0.25, 0.3) is 5.91 Å². The third-order valence-corrected chi connectivity index (χ3v) is 3.23. The number of piperidine rings is 1. The van der Waals surface area contributed by atoms with Crippen LogP contribution in [0.1, 0.15) is 29.6 Å². The normalized spacial score (nSPS) is 16.3. The van der Waals surface area contributed by atoms with Crippen LogP contribution in [0.25, 0.3) is 0 Å². The van der Waals surface area contributed by atoms with E-state index in [2.05, 4.69) is 10.4 Å². The molecule has 1 N–H and O–H groups in total. The Bertz CT molecular complexity index is 402. The highest BCUT2D eigenvalue weighted by molar-refractivity contribution is 5.93. The second kappa shape index (κ2) is 7.21. The minimum Gasteiger partial charge on any atom is -0.301 e. The molecule has 1 heterocycles. The van der Waals surface area contributed by atoms with Crippen LogP contribution in [0.5, 0.6) is 0 Å². The zero-order valence-electron chi connectivity index (χ0n) is 10.9. The number of amides is 1. The molecule has 19 heavy (non-hydrogen) atoms. The number of carbonyl (C=O) groups excluding carboxylic acids is 1. The van der Waals surface area contributed by atoms with Crippen LogP contribution in [0.4, 0.5) is 4.39 Å². The number of hydrogen-bond donors (Lipinski definition) is 1. The average Bonchev–Trinajstić information content (AvgIpc) is 2.45. The fourth-order valence-corrected chi connectivity index (χ4v) is 2.13. The second-order valence-corrected chi connectivity index (χ2v) is 4.69. The van der Waals surface area contributed by atoms with Crippen molar-refractivity contribution in [1.29, 1.82) is 0 Å². The monoisotopic (exact) mass is 266 g/mol. The number of likely N-dealkylation sites (tertiary alicyclic amines) is 1. The molecule has 0 aliphatic carbocycles. The van der Waals surface area contributed by atoms with E-state index in [1.807, 2.05) is 0 Å². The van der Waals surface area contributed by atoms with Crippen LogP contribution in [0, 0.1) is 5.82 Å². The van der Waals surface area contributed by atoms with E-state index in [1.54, 1.807) is 0 Å². The second-order valence-electron chi connectivity index (χ2n) is 4.69. The van der Waals surface area contributed by atoms with Crippen molar-refractivity contribution in [2.75, 3.05) is 26.2 Å². The highest BCUT2D eigenvalue weighted by atomic mass is 19.1. The molecule has 1 fully saturated rings. The SMILES string of the molecule is O=C(NOCCN1CCCCC1)c1ccc(F)cc1. The van der Waals surface area contributed by atoms with Crippen molar-refractivity contribution >= 4 is 5.91 Å². The highest BCUT2D eigenvalue weighted by Gasteiger charge is 2.10. The van der Waals surface area contributed by atoms with Crippen molar-refractivity contribution in [2.45, 2.75) is 19.3 Å². The van der Waals surface area contributed by atoms with Gasteiger partial charge in [-0.2, -0.15) is 0 Å². The van der Waals surface area contributed by atoms with Gasteiger partial charge in [0.2, 0.25) is 0 Å². The van der Waals surface area contributed by atoms with E-state index < -0.39 is 0 Å². The Morgan fingerprint density at radius 1 is 1.21 bits per heavy atom. The van der Waals surface area contributed by atoms with Crippen molar-refractivity contribution in [3.05, 3.63) is 35.6 Å². The summed E-state index contributed by atoms with van der Waals surface area (Å²) in [7, 11) is 0. The molecule has 104 valence electrons. The van der Waals surface area contributed by atoms with Crippen LogP contribution in [-0.4, -0.2) is 37.0 Å². The zero-order chi connectivity index (χ0) is 13.5. The minimum atomic E-state index is -0.359. The number of halogens is 1. The van der Waals surface area contributed by atoms with Gasteiger partial charge in [-0.15, -0.1) is 0 Å². The Morgan fingerprint density at radius 3 is 2.58 bits per heavy atom. The predicted octanol–water partition coefficient (Wildman–Crippen LogP) is 1.97. The van der Waals surface area contributed by atoms with Gasteiger partial charge in [0.1, 0.15) is 5.82 Å². The molecule has 2 rings (SSSR count). The lowest BCUT2D eigenvalue weighted by Gasteiger charge is -2.25. The largest absolute Gasteiger partial charge is 0.301 e. The highest BCUT2D eigenvalue weighted by Crippen LogP contribution is 2.07. The number of carbonyl (C=O) groups is 1. The summed E-state index contributed by atoms with van der Waals surface area (Å²) in [5.41, 5.74) is 2.76. The first kappa shape index (κ1) is 14.0. The Balaban J connectivity index is 1.64. The van der Waals surface area contributed by atoms with Crippen molar-refractivity contribution in [1.82, 2.24) is 10.4 Å². The van der Waals surface area contributed by atoms with E-state index in [-0.39, 0.29) is 11.7 Å². The van der Waals surface area contributed by atoms with Crippen LogP contribution in [0.3, 0.4) is 0 Å². The molecular weight excluding hydrogens is 247 g/mol. The molecule has 0 bridgehead atoms. The number of benzene rings is 1. The van der Waals surface area contributed by atoms with E-state index in [9.17, 15) is 9.18 Å². The van der Waals surface area contributed by atoms with Gasteiger partial charge in [-0.25, -0.2) is 9.87 Å². The molecule has 1 amide bonds. The number of hydrogen-bond acceptors (Lipinski definition) is 3. The van der Waals surface area contributed by atoms with Crippen LogP contribution in [0.15, 0.2) is 24.3 Å².